The molecule has 0 aliphatic carbocycles. The van der Waals surface area contributed by atoms with E-state index >= 15 is 0 Å². The summed E-state index contributed by atoms with van der Waals surface area (Å²) in [6, 6.07) is 7.64. The third-order valence-electron chi connectivity index (χ3n) is 3.06. The van der Waals surface area contributed by atoms with Gasteiger partial charge in [0.2, 0.25) is 0 Å². The van der Waals surface area contributed by atoms with Crippen molar-refractivity contribution in [3.63, 3.8) is 0 Å². The van der Waals surface area contributed by atoms with E-state index in [4.69, 9.17) is 14.2 Å². The smallest absolute Gasteiger partial charge is 0.344 e. The molecule has 2 aromatic rings. The van der Waals surface area contributed by atoms with Gasteiger partial charge in [-0.3, -0.25) is 9.59 Å². The number of aromatic nitrogens is 1. The van der Waals surface area contributed by atoms with Crippen molar-refractivity contribution in [2.45, 2.75) is 0 Å². The molecular formula is C16H16N2O6. The Kier molecular flexibility index (Phi) is 5.56. The molecule has 24 heavy (non-hydrogen) atoms. The lowest BCUT2D eigenvalue weighted by Gasteiger charge is -2.11. The fourth-order valence-electron chi connectivity index (χ4n) is 1.88. The average Bonchev–Trinajstić information content (AvgIpc) is 2.60. The topological polar surface area (TPSA) is 107 Å². The quantitative estimate of drug-likeness (QED) is 0.770. The first-order valence-corrected chi connectivity index (χ1v) is 6.92. The normalized spacial score (nSPS) is 9.92. The second-order valence-electron chi connectivity index (χ2n) is 4.60. The van der Waals surface area contributed by atoms with Crippen LogP contribution in [0.1, 0.15) is 10.4 Å². The maximum Gasteiger partial charge on any atom is 0.344 e. The Hall–Kier alpha value is -3.29. The number of nitrogens with one attached hydrogen (secondary N) is 2. The molecule has 0 radical (unpaired) electrons. The number of rotatable bonds is 6. The summed E-state index contributed by atoms with van der Waals surface area (Å²) in [7, 11) is 2.96. The highest BCUT2D eigenvalue weighted by Crippen LogP contribution is 2.28. The van der Waals surface area contributed by atoms with Crippen LogP contribution in [-0.4, -0.2) is 37.7 Å². The van der Waals surface area contributed by atoms with Crippen molar-refractivity contribution in [2.75, 3.05) is 26.1 Å². The summed E-state index contributed by atoms with van der Waals surface area (Å²) >= 11 is 0. The van der Waals surface area contributed by atoms with E-state index in [1.807, 2.05) is 0 Å². The third kappa shape index (κ3) is 4.13. The Labute approximate surface area is 137 Å². The van der Waals surface area contributed by atoms with E-state index in [1.54, 1.807) is 18.2 Å². The highest BCUT2D eigenvalue weighted by Gasteiger charge is 2.14. The van der Waals surface area contributed by atoms with Crippen LogP contribution in [0.3, 0.4) is 0 Å². The number of benzene rings is 1. The van der Waals surface area contributed by atoms with Crippen molar-refractivity contribution >= 4 is 17.6 Å². The van der Waals surface area contributed by atoms with Crippen LogP contribution in [0.15, 0.2) is 41.3 Å². The molecule has 8 nitrogen and oxygen atoms in total. The van der Waals surface area contributed by atoms with Crippen LogP contribution in [0.4, 0.5) is 5.69 Å². The average molecular weight is 332 g/mol. The Bertz CT molecular complexity index is 799. The van der Waals surface area contributed by atoms with Gasteiger partial charge in [-0.05, 0) is 24.3 Å². The van der Waals surface area contributed by atoms with Gasteiger partial charge in [0.25, 0.3) is 11.5 Å². The number of pyridine rings is 1. The fraction of sp³-hybridized carbons (Fsp3) is 0.188. The summed E-state index contributed by atoms with van der Waals surface area (Å²) in [5.41, 5.74) is -0.357. The largest absolute Gasteiger partial charge is 0.497 e. The van der Waals surface area contributed by atoms with Crippen LogP contribution in [0.5, 0.6) is 11.5 Å². The monoisotopic (exact) mass is 332 g/mol. The predicted molar refractivity (Wildman–Crippen MR) is 85.5 cm³/mol. The fourth-order valence-corrected chi connectivity index (χ4v) is 1.88. The van der Waals surface area contributed by atoms with Crippen molar-refractivity contribution < 1.29 is 23.8 Å². The molecule has 0 aliphatic rings. The van der Waals surface area contributed by atoms with Gasteiger partial charge in [-0.2, -0.15) is 0 Å². The number of esters is 1. The Morgan fingerprint density at radius 3 is 2.62 bits per heavy atom. The number of hydrogen-bond donors (Lipinski definition) is 2. The van der Waals surface area contributed by atoms with Crippen molar-refractivity contribution in [1.29, 1.82) is 0 Å². The third-order valence-corrected chi connectivity index (χ3v) is 3.06. The number of carbonyl (C=O) groups excluding carboxylic acids is 2. The van der Waals surface area contributed by atoms with Crippen LogP contribution in [0.2, 0.25) is 0 Å². The van der Waals surface area contributed by atoms with Crippen LogP contribution in [0.25, 0.3) is 0 Å². The lowest BCUT2D eigenvalue weighted by molar-refractivity contribution is -0.119. The van der Waals surface area contributed by atoms with Crippen LogP contribution >= 0.6 is 0 Å². The van der Waals surface area contributed by atoms with Gasteiger partial charge in [-0.1, -0.05) is 0 Å². The Morgan fingerprint density at radius 2 is 1.96 bits per heavy atom. The van der Waals surface area contributed by atoms with E-state index in [0.717, 1.165) is 0 Å². The summed E-state index contributed by atoms with van der Waals surface area (Å²) in [5, 5.41) is 2.55. The zero-order valence-corrected chi connectivity index (χ0v) is 13.1. The van der Waals surface area contributed by atoms with Gasteiger partial charge in [-0.15, -0.1) is 0 Å². The molecule has 1 amide bonds. The summed E-state index contributed by atoms with van der Waals surface area (Å²) in [6.45, 7) is -0.539. The highest BCUT2D eigenvalue weighted by molar-refractivity contribution is 5.96. The number of carbonyl (C=O) groups is 2. The number of aromatic amines is 1. The minimum absolute atomic E-state index is 0.174. The molecule has 0 spiro atoms. The van der Waals surface area contributed by atoms with Gasteiger partial charge >= 0.3 is 5.97 Å². The zero-order chi connectivity index (χ0) is 17.5. The Balaban J connectivity index is 1.98. The minimum atomic E-state index is -0.881. The molecule has 2 N–H and O–H groups in total. The number of anilines is 1. The Morgan fingerprint density at radius 1 is 1.17 bits per heavy atom. The summed E-state index contributed by atoms with van der Waals surface area (Å²) in [4.78, 5) is 37.5. The van der Waals surface area contributed by atoms with Crippen LogP contribution < -0.4 is 20.3 Å². The first-order chi connectivity index (χ1) is 11.5. The van der Waals surface area contributed by atoms with E-state index in [9.17, 15) is 14.4 Å². The molecule has 0 aliphatic heterocycles. The maximum atomic E-state index is 11.9. The van der Waals surface area contributed by atoms with Gasteiger partial charge in [0.1, 0.15) is 17.1 Å². The molecule has 0 fully saturated rings. The summed E-state index contributed by atoms with van der Waals surface area (Å²) < 4.78 is 15.0. The number of amides is 1. The first-order valence-electron chi connectivity index (χ1n) is 6.92. The second kappa shape index (κ2) is 7.82. The van der Waals surface area contributed by atoms with Gasteiger partial charge < -0.3 is 24.5 Å². The molecule has 0 unspecified atom stereocenters. The molecule has 1 aromatic heterocycles. The van der Waals surface area contributed by atoms with Crippen LogP contribution in [-0.2, 0) is 9.53 Å². The van der Waals surface area contributed by atoms with Gasteiger partial charge in [-0.25, -0.2) is 4.79 Å². The maximum absolute atomic E-state index is 11.9. The molecule has 0 saturated carbocycles. The second-order valence-corrected chi connectivity index (χ2v) is 4.60. The zero-order valence-electron chi connectivity index (χ0n) is 13.1. The molecule has 2 rings (SSSR count). The van der Waals surface area contributed by atoms with E-state index in [2.05, 4.69) is 10.3 Å². The molecule has 1 heterocycles. The summed E-state index contributed by atoms with van der Waals surface area (Å²) in [6.07, 6.45) is 1.39. The summed E-state index contributed by atoms with van der Waals surface area (Å²) in [5.74, 6) is -0.485. The van der Waals surface area contributed by atoms with Crippen molar-refractivity contribution in [3.8, 4) is 11.5 Å². The van der Waals surface area contributed by atoms with E-state index in [0.29, 0.717) is 17.2 Å². The van der Waals surface area contributed by atoms with E-state index < -0.39 is 24.0 Å². The molecule has 126 valence electrons. The van der Waals surface area contributed by atoms with E-state index in [-0.39, 0.29) is 5.56 Å². The molecule has 1 aromatic carbocycles. The van der Waals surface area contributed by atoms with Crippen molar-refractivity contribution in [1.82, 2.24) is 4.98 Å². The molecule has 8 heteroatoms. The first kappa shape index (κ1) is 17.1. The molecular weight excluding hydrogens is 316 g/mol. The molecule has 0 bridgehead atoms. The molecule has 0 saturated heterocycles. The number of ether oxygens (including phenoxy) is 3. The lowest BCUT2D eigenvalue weighted by atomic mass is 10.2. The standard InChI is InChI=1S/C16H16N2O6/c1-22-10-5-6-12(13(8-10)23-2)18-14(19)9-24-16(21)11-4-3-7-17-15(11)20/h3-8H,9H2,1-2H3,(H,17,20)(H,18,19). The molecule has 0 atom stereocenters. The van der Waals surface area contributed by atoms with E-state index in [1.165, 1.54) is 32.5 Å². The highest BCUT2D eigenvalue weighted by atomic mass is 16.5. The number of H-pyrrole nitrogens is 1. The van der Waals surface area contributed by atoms with Crippen molar-refractivity contribution in [3.05, 3.63) is 52.4 Å². The number of methoxy groups -OCH3 is 2. The van der Waals surface area contributed by atoms with Gasteiger partial charge in [0, 0.05) is 12.3 Å². The number of hydrogen-bond acceptors (Lipinski definition) is 6. The SMILES string of the molecule is COc1ccc(NC(=O)COC(=O)c2ccc[nH]c2=O)c(OC)c1. The minimum Gasteiger partial charge on any atom is -0.497 e. The van der Waals surface area contributed by atoms with Gasteiger partial charge in [0.15, 0.2) is 6.61 Å². The van der Waals surface area contributed by atoms with Crippen molar-refractivity contribution in [2.24, 2.45) is 0 Å². The van der Waals surface area contributed by atoms with Crippen LogP contribution in [0, 0.1) is 0 Å². The lowest BCUT2D eigenvalue weighted by Crippen LogP contribution is -2.24. The van der Waals surface area contributed by atoms with Gasteiger partial charge in [0.05, 0.1) is 19.9 Å². The predicted octanol–water partition coefficient (Wildman–Crippen LogP) is 1.19.